The molecule has 0 aromatic rings. The van der Waals surface area contributed by atoms with Gasteiger partial charge in [-0.1, -0.05) is 19.8 Å². The van der Waals surface area contributed by atoms with Gasteiger partial charge in [-0.25, -0.2) is 0 Å². The molecule has 1 unspecified atom stereocenters. The lowest BCUT2D eigenvalue weighted by Gasteiger charge is -2.22. The van der Waals surface area contributed by atoms with E-state index in [1.54, 1.807) is 0 Å². The normalized spacial score (nSPS) is 23.3. The summed E-state index contributed by atoms with van der Waals surface area (Å²) in [4.78, 5) is 0. The van der Waals surface area contributed by atoms with Crippen LogP contribution in [0.3, 0.4) is 0 Å². The monoisotopic (exact) mass is 203 g/mol. The molecule has 0 saturated heterocycles. The average Bonchev–Trinajstić information content (AvgIpc) is 2.52. The molecule has 2 nitrogen and oxygen atoms in total. The molecule has 0 amide bonds. The Morgan fingerprint density at radius 1 is 1.46 bits per heavy atom. The Morgan fingerprint density at radius 2 is 2.08 bits per heavy atom. The highest BCUT2D eigenvalue weighted by Crippen LogP contribution is 2.32. The van der Waals surface area contributed by atoms with Crippen LogP contribution in [0.4, 0.5) is 0 Å². The van der Waals surface area contributed by atoms with Gasteiger partial charge < -0.3 is 10.8 Å². The molecule has 3 N–H and O–H groups in total. The first-order valence-corrected chi connectivity index (χ1v) is 6.37. The minimum atomic E-state index is -0.363. The van der Waals surface area contributed by atoms with Gasteiger partial charge in [0, 0.05) is 17.5 Å². The van der Waals surface area contributed by atoms with Crippen molar-refractivity contribution in [3.05, 3.63) is 0 Å². The molecule has 1 aliphatic rings. The molecule has 1 saturated carbocycles. The van der Waals surface area contributed by atoms with Crippen molar-refractivity contribution >= 4 is 11.8 Å². The Morgan fingerprint density at radius 3 is 2.62 bits per heavy atom. The van der Waals surface area contributed by atoms with E-state index < -0.39 is 0 Å². The zero-order valence-electron chi connectivity index (χ0n) is 8.46. The van der Waals surface area contributed by atoms with Crippen molar-refractivity contribution in [3.63, 3.8) is 0 Å². The number of hydrogen-bond donors (Lipinski definition) is 2. The van der Waals surface area contributed by atoms with Crippen LogP contribution >= 0.6 is 11.8 Å². The summed E-state index contributed by atoms with van der Waals surface area (Å²) in [7, 11) is 0. The van der Waals surface area contributed by atoms with Crippen molar-refractivity contribution in [1.82, 2.24) is 0 Å². The maximum Gasteiger partial charge on any atom is 0.0737 e. The number of rotatable bonds is 5. The minimum Gasteiger partial charge on any atom is -0.389 e. The Labute approximate surface area is 85.3 Å². The largest absolute Gasteiger partial charge is 0.389 e. The van der Waals surface area contributed by atoms with Gasteiger partial charge in [0.2, 0.25) is 0 Å². The zero-order valence-corrected chi connectivity index (χ0v) is 9.28. The topological polar surface area (TPSA) is 46.2 Å². The summed E-state index contributed by atoms with van der Waals surface area (Å²) in [5.74, 6) is 1.86. The van der Waals surface area contributed by atoms with Crippen molar-refractivity contribution < 1.29 is 5.11 Å². The van der Waals surface area contributed by atoms with E-state index in [0.29, 0.717) is 6.04 Å². The van der Waals surface area contributed by atoms with Crippen LogP contribution in [0.15, 0.2) is 0 Å². The van der Waals surface area contributed by atoms with E-state index in [-0.39, 0.29) is 5.60 Å². The zero-order chi connectivity index (χ0) is 9.73. The lowest BCUT2D eigenvalue weighted by molar-refractivity contribution is 0.0732. The van der Waals surface area contributed by atoms with Crippen molar-refractivity contribution in [2.45, 2.75) is 50.7 Å². The molecule has 1 atom stereocenters. The van der Waals surface area contributed by atoms with Gasteiger partial charge in [0.1, 0.15) is 0 Å². The summed E-state index contributed by atoms with van der Waals surface area (Å²) in [6.45, 7) is 2.11. The molecule has 0 heterocycles. The van der Waals surface area contributed by atoms with Crippen LogP contribution in [-0.2, 0) is 0 Å². The summed E-state index contributed by atoms with van der Waals surface area (Å²) < 4.78 is 0. The molecular formula is C10H21NOS. The van der Waals surface area contributed by atoms with Crippen LogP contribution in [0.5, 0.6) is 0 Å². The molecule has 0 aliphatic heterocycles. The summed E-state index contributed by atoms with van der Waals surface area (Å²) >= 11 is 1.81. The Hall–Kier alpha value is 0.270. The van der Waals surface area contributed by atoms with Gasteiger partial charge in [0.25, 0.3) is 0 Å². The van der Waals surface area contributed by atoms with Crippen LogP contribution in [0.1, 0.15) is 39.0 Å². The van der Waals surface area contributed by atoms with Crippen LogP contribution in [0.2, 0.25) is 0 Å². The van der Waals surface area contributed by atoms with Gasteiger partial charge in [-0.3, -0.25) is 0 Å². The molecule has 1 aliphatic carbocycles. The summed E-state index contributed by atoms with van der Waals surface area (Å²) in [5, 5.41) is 10.0. The predicted molar refractivity (Wildman–Crippen MR) is 59.0 cm³/mol. The molecular weight excluding hydrogens is 182 g/mol. The van der Waals surface area contributed by atoms with Gasteiger partial charge >= 0.3 is 0 Å². The molecule has 78 valence electrons. The molecule has 0 aromatic heterocycles. The predicted octanol–water partition coefficient (Wildman–Crippen LogP) is 1.76. The third-order valence-corrected chi connectivity index (χ3v) is 4.17. The van der Waals surface area contributed by atoms with Crippen LogP contribution in [0.25, 0.3) is 0 Å². The van der Waals surface area contributed by atoms with Gasteiger partial charge in [-0.05, 0) is 19.3 Å². The van der Waals surface area contributed by atoms with E-state index in [1.807, 2.05) is 11.8 Å². The standard InChI is InChI=1S/C10H21NOS/c1-2-9(11)7-13-8-10(12)5-3-4-6-10/h9,12H,2-8,11H2,1H3. The lowest BCUT2D eigenvalue weighted by Crippen LogP contribution is -2.29. The van der Waals surface area contributed by atoms with Crippen molar-refractivity contribution in [3.8, 4) is 0 Å². The summed E-state index contributed by atoms with van der Waals surface area (Å²) in [5.41, 5.74) is 5.44. The fourth-order valence-corrected chi connectivity index (χ4v) is 3.02. The third kappa shape index (κ3) is 3.88. The quantitative estimate of drug-likeness (QED) is 0.716. The second-order valence-corrected chi connectivity index (χ2v) is 5.15. The van der Waals surface area contributed by atoms with Gasteiger partial charge in [0.05, 0.1) is 5.60 Å². The molecule has 3 heteroatoms. The third-order valence-electron chi connectivity index (χ3n) is 2.76. The van der Waals surface area contributed by atoms with E-state index in [0.717, 1.165) is 30.8 Å². The highest BCUT2D eigenvalue weighted by Gasteiger charge is 2.30. The first kappa shape index (κ1) is 11.3. The highest BCUT2D eigenvalue weighted by atomic mass is 32.2. The Kier molecular flexibility index (Phi) is 4.56. The minimum absolute atomic E-state index is 0.301. The molecule has 1 rings (SSSR count). The first-order chi connectivity index (χ1) is 6.16. The van der Waals surface area contributed by atoms with E-state index in [2.05, 4.69) is 6.92 Å². The molecule has 0 aromatic carbocycles. The fourth-order valence-electron chi connectivity index (χ4n) is 1.70. The molecule has 0 radical (unpaired) electrons. The maximum absolute atomic E-state index is 10.0. The van der Waals surface area contributed by atoms with Crippen LogP contribution in [0, 0.1) is 0 Å². The number of thioether (sulfide) groups is 1. The van der Waals surface area contributed by atoms with E-state index >= 15 is 0 Å². The fraction of sp³-hybridized carbons (Fsp3) is 1.00. The second-order valence-electron chi connectivity index (χ2n) is 4.11. The number of nitrogens with two attached hydrogens (primary N) is 1. The highest BCUT2D eigenvalue weighted by molar-refractivity contribution is 7.99. The molecule has 0 bridgehead atoms. The lowest BCUT2D eigenvalue weighted by atomic mass is 10.1. The SMILES string of the molecule is CCC(N)CSCC1(O)CCCC1. The summed E-state index contributed by atoms with van der Waals surface area (Å²) in [6.07, 6.45) is 5.39. The maximum atomic E-state index is 10.0. The summed E-state index contributed by atoms with van der Waals surface area (Å²) in [6, 6.07) is 0.301. The molecule has 0 spiro atoms. The van der Waals surface area contributed by atoms with Crippen LogP contribution < -0.4 is 5.73 Å². The van der Waals surface area contributed by atoms with E-state index in [1.165, 1.54) is 12.8 Å². The van der Waals surface area contributed by atoms with Crippen molar-refractivity contribution in [2.24, 2.45) is 5.73 Å². The van der Waals surface area contributed by atoms with E-state index in [9.17, 15) is 5.11 Å². The number of hydrogen-bond acceptors (Lipinski definition) is 3. The average molecular weight is 203 g/mol. The Bertz CT molecular complexity index is 146. The van der Waals surface area contributed by atoms with Crippen LogP contribution in [-0.4, -0.2) is 28.3 Å². The second kappa shape index (κ2) is 5.23. The van der Waals surface area contributed by atoms with E-state index in [4.69, 9.17) is 5.73 Å². The smallest absolute Gasteiger partial charge is 0.0737 e. The molecule has 1 fully saturated rings. The first-order valence-electron chi connectivity index (χ1n) is 5.22. The van der Waals surface area contributed by atoms with Gasteiger partial charge in [-0.15, -0.1) is 0 Å². The number of aliphatic hydroxyl groups is 1. The van der Waals surface area contributed by atoms with Gasteiger partial charge in [-0.2, -0.15) is 11.8 Å². The van der Waals surface area contributed by atoms with Crippen molar-refractivity contribution in [1.29, 1.82) is 0 Å². The Balaban J connectivity index is 2.11. The van der Waals surface area contributed by atoms with Crippen molar-refractivity contribution in [2.75, 3.05) is 11.5 Å². The van der Waals surface area contributed by atoms with Gasteiger partial charge in [0.15, 0.2) is 0 Å². The molecule has 13 heavy (non-hydrogen) atoms.